The molecule has 0 saturated carbocycles. The SMILES string of the molecule is CNc1cc(NCC(C)N2CCCC2)ncn1. The van der Waals surface area contributed by atoms with E-state index in [0.717, 1.165) is 18.2 Å². The normalized spacial score (nSPS) is 18.0. The fraction of sp³-hybridized carbons (Fsp3) is 0.667. The van der Waals surface area contributed by atoms with E-state index in [-0.39, 0.29) is 0 Å². The van der Waals surface area contributed by atoms with E-state index >= 15 is 0 Å². The summed E-state index contributed by atoms with van der Waals surface area (Å²) in [5.74, 6) is 1.73. The highest BCUT2D eigenvalue weighted by Crippen LogP contribution is 2.13. The predicted molar refractivity (Wildman–Crippen MR) is 70.3 cm³/mol. The molecule has 0 amide bonds. The zero-order chi connectivity index (χ0) is 12.1. The number of hydrogen-bond donors (Lipinski definition) is 2. The number of likely N-dealkylation sites (tertiary alicyclic amines) is 1. The summed E-state index contributed by atoms with van der Waals surface area (Å²) >= 11 is 0. The molecule has 94 valence electrons. The summed E-state index contributed by atoms with van der Waals surface area (Å²) in [4.78, 5) is 10.8. The lowest BCUT2D eigenvalue weighted by molar-refractivity contribution is 0.269. The molecule has 0 aliphatic carbocycles. The molecule has 1 atom stereocenters. The largest absolute Gasteiger partial charge is 0.373 e. The van der Waals surface area contributed by atoms with E-state index in [4.69, 9.17) is 0 Å². The van der Waals surface area contributed by atoms with Gasteiger partial charge in [-0.3, -0.25) is 4.90 Å². The first-order valence-electron chi connectivity index (χ1n) is 6.27. The molecule has 1 saturated heterocycles. The second-order valence-corrected chi connectivity index (χ2v) is 4.51. The lowest BCUT2D eigenvalue weighted by Gasteiger charge is -2.24. The molecule has 1 aliphatic heterocycles. The number of anilines is 2. The maximum atomic E-state index is 4.21. The summed E-state index contributed by atoms with van der Waals surface area (Å²) in [7, 11) is 1.86. The lowest BCUT2D eigenvalue weighted by atomic mass is 10.3. The minimum absolute atomic E-state index is 0.561. The van der Waals surface area contributed by atoms with Gasteiger partial charge in [0, 0.05) is 25.7 Å². The van der Waals surface area contributed by atoms with Gasteiger partial charge in [-0.1, -0.05) is 0 Å². The molecule has 0 bridgehead atoms. The second-order valence-electron chi connectivity index (χ2n) is 4.51. The predicted octanol–water partition coefficient (Wildman–Crippen LogP) is 1.41. The molecule has 1 unspecified atom stereocenters. The maximum Gasteiger partial charge on any atom is 0.131 e. The second kappa shape index (κ2) is 5.82. The first-order chi connectivity index (χ1) is 8.29. The van der Waals surface area contributed by atoms with Gasteiger partial charge in [0.15, 0.2) is 0 Å². The Balaban J connectivity index is 1.83. The topological polar surface area (TPSA) is 53.1 Å². The van der Waals surface area contributed by atoms with Crippen molar-refractivity contribution in [2.24, 2.45) is 0 Å². The van der Waals surface area contributed by atoms with Crippen LogP contribution in [0.5, 0.6) is 0 Å². The Labute approximate surface area is 103 Å². The molecular weight excluding hydrogens is 214 g/mol. The van der Waals surface area contributed by atoms with Crippen LogP contribution in [0.3, 0.4) is 0 Å². The Morgan fingerprint density at radius 2 is 2.00 bits per heavy atom. The molecule has 0 radical (unpaired) electrons. The minimum atomic E-state index is 0.561. The van der Waals surface area contributed by atoms with Crippen LogP contribution in [0.2, 0.25) is 0 Å². The van der Waals surface area contributed by atoms with Crippen molar-refractivity contribution < 1.29 is 0 Å². The summed E-state index contributed by atoms with van der Waals surface area (Å²) in [5, 5.41) is 6.37. The fourth-order valence-corrected chi connectivity index (χ4v) is 2.15. The van der Waals surface area contributed by atoms with Gasteiger partial charge in [-0.2, -0.15) is 0 Å². The van der Waals surface area contributed by atoms with Crippen LogP contribution >= 0.6 is 0 Å². The summed E-state index contributed by atoms with van der Waals surface area (Å²) in [5.41, 5.74) is 0. The number of aromatic nitrogens is 2. The van der Waals surface area contributed by atoms with Gasteiger partial charge in [-0.25, -0.2) is 9.97 Å². The zero-order valence-electron chi connectivity index (χ0n) is 10.6. The van der Waals surface area contributed by atoms with Crippen molar-refractivity contribution in [3.8, 4) is 0 Å². The van der Waals surface area contributed by atoms with Crippen molar-refractivity contribution in [2.75, 3.05) is 37.3 Å². The van der Waals surface area contributed by atoms with Gasteiger partial charge in [-0.15, -0.1) is 0 Å². The molecular formula is C12H21N5. The number of nitrogens with one attached hydrogen (secondary N) is 2. The van der Waals surface area contributed by atoms with Crippen LogP contribution in [-0.4, -0.2) is 47.6 Å². The van der Waals surface area contributed by atoms with Crippen molar-refractivity contribution in [1.29, 1.82) is 0 Å². The molecule has 0 spiro atoms. The average Bonchev–Trinajstić information content (AvgIpc) is 2.90. The van der Waals surface area contributed by atoms with Gasteiger partial charge < -0.3 is 10.6 Å². The molecule has 1 aliphatic rings. The van der Waals surface area contributed by atoms with Crippen molar-refractivity contribution in [1.82, 2.24) is 14.9 Å². The highest BCUT2D eigenvalue weighted by Gasteiger charge is 2.17. The van der Waals surface area contributed by atoms with Crippen molar-refractivity contribution in [3.63, 3.8) is 0 Å². The van der Waals surface area contributed by atoms with E-state index < -0.39 is 0 Å². The van der Waals surface area contributed by atoms with E-state index in [1.165, 1.54) is 25.9 Å². The Morgan fingerprint density at radius 3 is 2.71 bits per heavy atom. The highest BCUT2D eigenvalue weighted by molar-refractivity contribution is 5.45. The molecule has 2 heterocycles. The van der Waals surface area contributed by atoms with Crippen LogP contribution < -0.4 is 10.6 Å². The van der Waals surface area contributed by atoms with Crippen LogP contribution in [0.25, 0.3) is 0 Å². The fourth-order valence-electron chi connectivity index (χ4n) is 2.15. The van der Waals surface area contributed by atoms with Crippen LogP contribution in [0.4, 0.5) is 11.6 Å². The zero-order valence-corrected chi connectivity index (χ0v) is 10.6. The lowest BCUT2D eigenvalue weighted by Crippen LogP contribution is -2.35. The third kappa shape index (κ3) is 3.30. The molecule has 0 aromatic carbocycles. The summed E-state index contributed by atoms with van der Waals surface area (Å²) in [6, 6.07) is 2.49. The molecule has 1 aromatic rings. The summed E-state index contributed by atoms with van der Waals surface area (Å²) in [6.07, 6.45) is 4.25. The van der Waals surface area contributed by atoms with E-state index in [1.807, 2.05) is 13.1 Å². The van der Waals surface area contributed by atoms with Gasteiger partial charge in [-0.05, 0) is 32.9 Å². The molecule has 2 N–H and O–H groups in total. The monoisotopic (exact) mass is 235 g/mol. The van der Waals surface area contributed by atoms with Gasteiger partial charge >= 0.3 is 0 Å². The Bertz CT molecular complexity index is 349. The Hall–Kier alpha value is -1.36. The number of hydrogen-bond acceptors (Lipinski definition) is 5. The van der Waals surface area contributed by atoms with E-state index in [1.54, 1.807) is 6.33 Å². The van der Waals surface area contributed by atoms with Crippen molar-refractivity contribution in [2.45, 2.75) is 25.8 Å². The van der Waals surface area contributed by atoms with Crippen LogP contribution in [0.1, 0.15) is 19.8 Å². The third-order valence-corrected chi connectivity index (χ3v) is 3.27. The van der Waals surface area contributed by atoms with E-state index in [0.29, 0.717) is 6.04 Å². The molecule has 2 rings (SSSR count). The van der Waals surface area contributed by atoms with Crippen molar-refractivity contribution >= 4 is 11.6 Å². The molecule has 17 heavy (non-hydrogen) atoms. The van der Waals surface area contributed by atoms with Gasteiger partial charge in [0.05, 0.1) is 0 Å². The van der Waals surface area contributed by atoms with Gasteiger partial charge in [0.25, 0.3) is 0 Å². The molecule has 5 heteroatoms. The third-order valence-electron chi connectivity index (χ3n) is 3.27. The standard InChI is InChI=1S/C12H21N5/c1-10(17-5-3-4-6-17)8-14-12-7-11(13-2)15-9-16-12/h7,9-10H,3-6,8H2,1-2H3,(H2,13,14,15,16). The van der Waals surface area contributed by atoms with Crippen LogP contribution in [0.15, 0.2) is 12.4 Å². The van der Waals surface area contributed by atoms with Gasteiger partial charge in [0.1, 0.15) is 18.0 Å². The first kappa shape index (κ1) is 12.1. The maximum absolute atomic E-state index is 4.21. The van der Waals surface area contributed by atoms with Gasteiger partial charge in [0.2, 0.25) is 0 Å². The Kier molecular flexibility index (Phi) is 4.14. The van der Waals surface area contributed by atoms with Crippen molar-refractivity contribution in [3.05, 3.63) is 12.4 Å². The minimum Gasteiger partial charge on any atom is -0.373 e. The average molecular weight is 235 g/mol. The Morgan fingerprint density at radius 1 is 1.29 bits per heavy atom. The van der Waals surface area contributed by atoms with Crippen LogP contribution in [-0.2, 0) is 0 Å². The van der Waals surface area contributed by atoms with Crippen LogP contribution in [0, 0.1) is 0 Å². The quantitative estimate of drug-likeness (QED) is 0.808. The molecule has 1 fully saturated rings. The smallest absolute Gasteiger partial charge is 0.131 e. The molecule has 5 nitrogen and oxygen atoms in total. The highest BCUT2D eigenvalue weighted by atomic mass is 15.2. The first-order valence-corrected chi connectivity index (χ1v) is 6.27. The summed E-state index contributed by atoms with van der Waals surface area (Å²) < 4.78 is 0. The number of nitrogens with zero attached hydrogens (tertiary/aromatic N) is 3. The molecule has 1 aromatic heterocycles. The summed E-state index contributed by atoms with van der Waals surface area (Å²) in [6.45, 7) is 5.65. The number of rotatable bonds is 5. The van der Waals surface area contributed by atoms with E-state index in [9.17, 15) is 0 Å². The van der Waals surface area contributed by atoms with E-state index in [2.05, 4.69) is 32.4 Å².